The van der Waals surface area contributed by atoms with E-state index < -0.39 is 29.5 Å². The summed E-state index contributed by atoms with van der Waals surface area (Å²) in [4.78, 5) is 34.8. The zero-order valence-electron chi connectivity index (χ0n) is 16.5. The van der Waals surface area contributed by atoms with E-state index >= 15 is 0 Å². The molecule has 0 saturated heterocycles. The molecule has 2 aliphatic rings. The number of hydrogen-bond donors (Lipinski definition) is 0. The summed E-state index contributed by atoms with van der Waals surface area (Å²) in [6.45, 7) is 3.31. The summed E-state index contributed by atoms with van der Waals surface area (Å²) < 4.78 is 43.7. The molecule has 162 valence electrons. The standard InChI is InChI=1S/C21H17BrF3N3O3/c1-20(2)15-7-12(22)4-6-14(15)17(29)28(19(20)30)10-13-5-3-11(8-26-13)16-9-27-18(31-16)21(23,24)25/h3-8,16H,9-10H2,1-2H3. The Morgan fingerprint density at radius 1 is 1.23 bits per heavy atom. The number of nitrogens with zero attached hydrogens (tertiary/aromatic N) is 3. The number of carbonyl (C=O) groups excluding carboxylic acids is 2. The highest BCUT2D eigenvalue weighted by molar-refractivity contribution is 9.10. The van der Waals surface area contributed by atoms with Gasteiger partial charge in [0.2, 0.25) is 5.91 Å². The average Bonchev–Trinajstić information content (AvgIpc) is 3.21. The number of benzene rings is 1. The largest absolute Gasteiger partial charge is 0.468 e. The van der Waals surface area contributed by atoms with Crippen molar-refractivity contribution in [3.8, 4) is 0 Å². The number of pyridine rings is 1. The molecule has 2 amide bonds. The number of imide groups is 1. The number of ether oxygens (including phenoxy) is 1. The molecule has 4 rings (SSSR count). The normalized spacial score (nSPS) is 20.4. The molecule has 0 aliphatic carbocycles. The van der Waals surface area contributed by atoms with E-state index in [9.17, 15) is 22.8 Å². The second-order valence-electron chi connectivity index (χ2n) is 7.84. The molecule has 3 heterocycles. The van der Waals surface area contributed by atoms with Crippen LogP contribution in [-0.2, 0) is 21.5 Å². The van der Waals surface area contributed by atoms with E-state index in [4.69, 9.17) is 4.74 Å². The van der Waals surface area contributed by atoms with E-state index in [1.165, 1.54) is 6.20 Å². The third-order valence-electron chi connectivity index (χ3n) is 5.35. The molecular formula is C21H17BrF3N3O3. The maximum atomic E-state index is 13.1. The molecule has 0 fully saturated rings. The lowest BCUT2D eigenvalue weighted by Gasteiger charge is -2.37. The van der Waals surface area contributed by atoms with Crippen molar-refractivity contribution in [1.29, 1.82) is 0 Å². The summed E-state index contributed by atoms with van der Waals surface area (Å²) in [5, 5.41) is 0. The molecule has 31 heavy (non-hydrogen) atoms. The van der Waals surface area contributed by atoms with Crippen LogP contribution in [0.4, 0.5) is 13.2 Å². The smallest absolute Gasteiger partial charge is 0.464 e. The Balaban J connectivity index is 1.53. The van der Waals surface area contributed by atoms with Gasteiger partial charge in [0, 0.05) is 21.8 Å². The summed E-state index contributed by atoms with van der Waals surface area (Å²) in [5.41, 5.74) is 1.04. The van der Waals surface area contributed by atoms with Crippen LogP contribution < -0.4 is 0 Å². The summed E-state index contributed by atoms with van der Waals surface area (Å²) in [5.74, 6) is -2.02. The molecule has 0 radical (unpaired) electrons. The predicted octanol–water partition coefficient (Wildman–Crippen LogP) is 4.34. The number of rotatable bonds is 3. The highest BCUT2D eigenvalue weighted by Gasteiger charge is 2.45. The number of fused-ring (bicyclic) bond motifs is 1. The summed E-state index contributed by atoms with van der Waals surface area (Å²) in [7, 11) is 0. The van der Waals surface area contributed by atoms with E-state index in [1.807, 2.05) is 0 Å². The zero-order valence-corrected chi connectivity index (χ0v) is 18.1. The third kappa shape index (κ3) is 3.84. The SMILES string of the molecule is CC1(C)C(=O)N(Cc2ccc(C3CN=C(C(F)(F)F)O3)cn2)C(=O)c2ccc(Br)cc21. The first-order chi connectivity index (χ1) is 14.5. The number of aliphatic imine (C=N–C) groups is 1. The van der Waals surface area contributed by atoms with E-state index in [0.717, 1.165) is 9.37 Å². The van der Waals surface area contributed by atoms with Crippen LogP contribution in [0, 0.1) is 0 Å². The van der Waals surface area contributed by atoms with E-state index in [2.05, 4.69) is 25.9 Å². The molecule has 1 aromatic heterocycles. The van der Waals surface area contributed by atoms with Gasteiger partial charge in [0.15, 0.2) is 0 Å². The Hall–Kier alpha value is -2.75. The van der Waals surface area contributed by atoms with Crippen LogP contribution in [0.1, 0.15) is 47.1 Å². The van der Waals surface area contributed by atoms with Crippen LogP contribution in [0.5, 0.6) is 0 Å². The van der Waals surface area contributed by atoms with E-state index in [1.54, 1.807) is 44.2 Å². The molecule has 1 aromatic carbocycles. The second kappa shape index (κ2) is 7.44. The molecule has 0 saturated carbocycles. The van der Waals surface area contributed by atoms with Gasteiger partial charge in [0.25, 0.3) is 11.8 Å². The van der Waals surface area contributed by atoms with Crippen molar-refractivity contribution in [3.63, 3.8) is 0 Å². The van der Waals surface area contributed by atoms with Crippen LogP contribution in [0.2, 0.25) is 0 Å². The van der Waals surface area contributed by atoms with Crippen molar-refractivity contribution in [2.24, 2.45) is 4.99 Å². The van der Waals surface area contributed by atoms with Gasteiger partial charge in [0.1, 0.15) is 6.10 Å². The lowest BCUT2D eigenvalue weighted by atomic mass is 9.77. The minimum absolute atomic E-state index is 0.0489. The van der Waals surface area contributed by atoms with Gasteiger partial charge in [-0.05, 0) is 43.7 Å². The van der Waals surface area contributed by atoms with Crippen molar-refractivity contribution in [1.82, 2.24) is 9.88 Å². The molecule has 6 nitrogen and oxygen atoms in total. The number of halogens is 4. The average molecular weight is 496 g/mol. The van der Waals surface area contributed by atoms with Crippen molar-refractivity contribution in [2.75, 3.05) is 6.54 Å². The summed E-state index contributed by atoms with van der Waals surface area (Å²) in [6.07, 6.45) is -4.12. The summed E-state index contributed by atoms with van der Waals surface area (Å²) in [6, 6.07) is 8.32. The number of aromatic nitrogens is 1. The van der Waals surface area contributed by atoms with E-state index in [0.29, 0.717) is 22.4 Å². The molecule has 10 heteroatoms. The fourth-order valence-corrected chi connectivity index (χ4v) is 4.00. The highest BCUT2D eigenvalue weighted by atomic mass is 79.9. The Bertz CT molecular complexity index is 1100. The Morgan fingerprint density at radius 3 is 2.58 bits per heavy atom. The van der Waals surface area contributed by atoms with Crippen molar-refractivity contribution in [3.05, 3.63) is 63.4 Å². The van der Waals surface area contributed by atoms with Crippen LogP contribution in [0.3, 0.4) is 0 Å². The minimum Gasteiger partial charge on any atom is -0.464 e. The molecule has 0 spiro atoms. The van der Waals surface area contributed by atoms with Gasteiger partial charge in [-0.3, -0.25) is 19.5 Å². The van der Waals surface area contributed by atoms with Crippen LogP contribution in [0.25, 0.3) is 0 Å². The van der Waals surface area contributed by atoms with E-state index in [-0.39, 0.29) is 19.0 Å². The Kier molecular flexibility index (Phi) is 5.15. The highest BCUT2D eigenvalue weighted by Crippen LogP contribution is 2.37. The fourth-order valence-electron chi connectivity index (χ4n) is 3.64. The van der Waals surface area contributed by atoms with Gasteiger partial charge in [-0.1, -0.05) is 22.0 Å². The van der Waals surface area contributed by atoms with Crippen LogP contribution >= 0.6 is 15.9 Å². The molecule has 0 N–H and O–H groups in total. The number of amides is 2. The van der Waals surface area contributed by atoms with Gasteiger partial charge in [0.05, 0.1) is 24.2 Å². The first-order valence-corrected chi connectivity index (χ1v) is 10.2. The first-order valence-electron chi connectivity index (χ1n) is 9.38. The minimum atomic E-state index is -4.63. The van der Waals surface area contributed by atoms with Gasteiger partial charge in [-0.25, -0.2) is 4.99 Å². The number of alkyl halides is 3. The van der Waals surface area contributed by atoms with Gasteiger partial charge < -0.3 is 4.74 Å². The molecule has 1 atom stereocenters. The predicted molar refractivity (Wildman–Crippen MR) is 108 cm³/mol. The first kappa shape index (κ1) is 21.5. The second-order valence-corrected chi connectivity index (χ2v) is 8.76. The zero-order chi connectivity index (χ0) is 22.6. The van der Waals surface area contributed by atoms with Crippen LogP contribution in [-0.4, -0.2) is 40.3 Å². The summed E-state index contributed by atoms with van der Waals surface area (Å²) >= 11 is 3.37. The lowest BCUT2D eigenvalue weighted by molar-refractivity contribution is -0.134. The van der Waals surface area contributed by atoms with Crippen LogP contribution in [0.15, 0.2) is 46.0 Å². The topological polar surface area (TPSA) is 71.9 Å². The van der Waals surface area contributed by atoms with Gasteiger partial charge in [-0.2, -0.15) is 13.2 Å². The fraction of sp³-hybridized carbons (Fsp3) is 0.333. The van der Waals surface area contributed by atoms with Crippen molar-refractivity contribution < 1.29 is 27.5 Å². The monoisotopic (exact) mass is 495 g/mol. The molecular weight excluding hydrogens is 479 g/mol. The Morgan fingerprint density at radius 2 is 1.97 bits per heavy atom. The van der Waals surface area contributed by atoms with Gasteiger partial charge >= 0.3 is 6.18 Å². The quantitative estimate of drug-likeness (QED) is 0.594. The maximum absolute atomic E-state index is 13.1. The lowest BCUT2D eigenvalue weighted by Crippen LogP contribution is -2.51. The third-order valence-corrected chi connectivity index (χ3v) is 5.84. The molecule has 2 aromatic rings. The van der Waals surface area contributed by atoms with Gasteiger partial charge in [-0.15, -0.1) is 0 Å². The molecule has 1 unspecified atom stereocenters. The number of hydrogen-bond acceptors (Lipinski definition) is 5. The number of carbonyl (C=O) groups is 2. The van der Waals surface area contributed by atoms with Crippen molar-refractivity contribution in [2.45, 2.75) is 38.1 Å². The Labute approximate surface area is 184 Å². The van der Waals surface area contributed by atoms with Crippen molar-refractivity contribution >= 4 is 33.6 Å². The maximum Gasteiger partial charge on any atom is 0.468 e. The molecule has 2 aliphatic heterocycles. The molecule has 0 bridgehead atoms.